The summed E-state index contributed by atoms with van der Waals surface area (Å²) < 4.78 is 10.7. The van der Waals surface area contributed by atoms with E-state index in [2.05, 4.69) is 52.0 Å². The molecule has 1 aromatic rings. The zero-order valence-corrected chi connectivity index (χ0v) is 20.3. The first kappa shape index (κ1) is 24.6. The highest BCUT2D eigenvalue weighted by Gasteiger charge is 2.28. The van der Waals surface area contributed by atoms with Gasteiger partial charge in [-0.15, -0.1) is 0 Å². The second-order valence-electron chi connectivity index (χ2n) is 9.21. The van der Waals surface area contributed by atoms with E-state index in [-0.39, 0.29) is 5.92 Å². The number of piperidine rings is 1. The zero-order chi connectivity index (χ0) is 24.1. The van der Waals surface area contributed by atoms with E-state index in [0.29, 0.717) is 25.0 Å². The van der Waals surface area contributed by atoms with Crippen molar-refractivity contribution < 1.29 is 14.6 Å². The third-order valence-electron chi connectivity index (χ3n) is 6.91. The number of hydrogen-bond acceptors (Lipinski definition) is 8. The quantitative estimate of drug-likeness (QED) is 0.508. The molecule has 1 saturated heterocycles. The number of ether oxygens (including phenoxy) is 2. The summed E-state index contributed by atoms with van der Waals surface area (Å²) in [5.74, 6) is 1.21. The van der Waals surface area contributed by atoms with Gasteiger partial charge in [-0.05, 0) is 67.4 Å². The van der Waals surface area contributed by atoms with E-state index in [1.807, 2.05) is 19.1 Å². The van der Waals surface area contributed by atoms with Crippen molar-refractivity contribution in [2.45, 2.75) is 45.7 Å². The number of aliphatic hydroxyl groups is 1. The Hall–Kier alpha value is -2.54. The van der Waals surface area contributed by atoms with Crippen LogP contribution in [0.25, 0.3) is 0 Å². The lowest BCUT2D eigenvalue weighted by Crippen LogP contribution is -2.38. The molecule has 1 aliphatic carbocycles. The smallest absolute Gasteiger partial charge is 0.223 e. The second-order valence-corrected chi connectivity index (χ2v) is 9.21. The molecule has 0 radical (unpaired) electrons. The van der Waals surface area contributed by atoms with E-state index in [1.165, 1.54) is 5.57 Å². The Bertz CT molecular complexity index is 1000. The third kappa shape index (κ3) is 5.57. The molecule has 4 rings (SSSR count). The third-order valence-corrected chi connectivity index (χ3v) is 6.91. The van der Waals surface area contributed by atoms with Gasteiger partial charge in [0.1, 0.15) is 12.1 Å². The summed E-state index contributed by atoms with van der Waals surface area (Å²) in [6.07, 6.45) is 8.04. The molecule has 3 unspecified atom stereocenters. The first-order chi connectivity index (χ1) is 16.5. The molecular formula is C26H35N5O3. The Balaban J connectivity index is 1.42. The standard InChI is InChI=1S/C26H35N5O3/c1-17-14-18(2)23(15-22(17)24-28-26(30-29-24)34-13-12-33-3)25(32)31-10-8-21(9-11-31)20-6-4-19(16-27)5-7-20/h4,6-7,14-15,19,21,25-26,30,32H,5,8-13H2,1-3H3,(H,28,29). The molecule has 0 saturated carbocycles. The Morgan fingerprint density at radius 1 is 1.24 bits per heavy atom. The fourth-order valence-electron chi connectivity index (χ4n) is 4.88. The maximum Gasteiger partial charge on any atom is 0.223 e. The van der Waals surface area contributed by atoms with Gasteiger partial charge in [-0.3, -0.25) is 4.90 Å². The van der Waals surface area contributed by atoms with Gasteiger partial charge in [0.15, 0.2) is 0 Å². The summed E-state index contributed by atoms with van der Waals surface area (Å²) in [6, 6.07) is 6.46. The van der Waals surface area contributed by atoms with Gasteiger partial charge in [0.25, 0.3) is 0 Å². The second kappa shape index (κ2) is 11.3. The molecule has 182 valence electrons. The SMILES string of the molecule is COCCOC1N=C(c2cc(C(O)N3CCC(C4=CCC(C#N)C=C4)CC3)c(C)cc2C)NN1. The minimum absolute atomic E-state index is 0.00531. The molecule has 8 nitrogen and oxygen atoms in total. The molecular weight excluding hydrogens is 430 g/mol. The summed E-state index contributed by atoms with van der Waals surface area (Å²) in [5.41, 5.74) is 11.5. The Labute approximate surface area is 201 Å². The van der Waals surface area contributed by atoms with Crippen molar-refractivity contribution in [3.8, 4) is 6.07 Å². The number of aryl methyl sites for hydroxylation is 2. The molecule has 0 amide bonds. The van der Waals surface area contributed by atoms with Crippen molar-refractivity contribution in [2.24, 2.45) is 16.8 Å². The fraction of sp³-hybridized carbons (Fsp3) is 0.538. The molecule has 0 bridgehead atoms. The number of amidine groups is 1. The number of hydrogen-bond donors (Lipinski definition) is 3. The highest BCUT2D eigenvalue weighted by Crippen LogP contribution is 2.33. The normalized spacial score (nSPS) is 24.3. The van der Waals surface area contributed by atoms with Gasteiger partial charge in [-0.25, -0.2) is 4.99 Å². The van der Waals surface area contributed by atoms with Gasteiger partial charge in [0, 0.05) is 25.8 Å². The van der Waals surface area contributed by atoms with Crippen LogP contribution in [0.1, 0.15) is 47.7 Å². The first-order valence-corrected chi connectivity index (χ1v) is 12.0. The van der Waals surface area contributed by atoms with Crippen LogP contribution in [0.4, 0.5) is 0 Å². The van der Waals surface area contributed by atoms with Crippen LogP contribution >= 0.6 is 0 Å². The van der Waals surface area contributed by atoms with Crippen LogP contribution in [0.2, 0.25) is 0 Å². The number of aliphatic imine (C=N–C) groups is 1. The number of likely N-dealkylation sites (tertiary alicyclic amines) is 1. The predicted molar refractivity (Wildman–Crippen MR) is 131 cm³/mol. The summed E-state index contributed by atoms with van der Waals surface area (Å²) in [5, 5.41) is 20.4. The molecule has 1 fully saturated rings. The molecule has 0 aromatic heterocycles. The summed E-state index contributed by atoms with van der Waals surface area (Å²) >= 11 is 0. The number of rotatable bonds is 8. The van der Waals surface area contributed by atoms with E-state index in [4.69, 9.17) is 14.7 Å². The number of nitriles is 1. The van der Waals surface area contributed by atoms with E-state index in [9.17, 15) is 5.11 Å². The molecule has 2 heterocycles. The number of nitrogens with zero attached hydrogens (tertiary/aromatic N) is 3. The molecule has 3 atom stereocenters. The van der Waals surface area contributed by atoms with Gasteiger partial charge in [-0.2, -0.15) is 10.7 Å². The molecule has 8 heteroatoms. The Morgan fingerprint density at radius 2 is 2.03 bits per heavy atom. The lowest BCUT2D eigenvalue weighted by atomic mass is 9.84. The van der Waals surface area contributed by atoms with Crippen LogP contribution in [0, 0.1) is 37.0 Å². The number of methoxy groups -OCH3 is 1. The highest BCUT2D eigenvalue weighted by molar-refractivity contribution is 6.00. The fourth-order valence-corrected chi connectivity index (χ4v) is 4.88. The van der Waals surface area contributed by atoms with Gasteiger partial charge in [-0.1, -0.05) is 24.3 Å². The number of aliphatic hydroxyl groups excluding tert-OH is 1. The lowest BCUT2D eigenvalue weighted by Gasteiger charge is -2.36. The van der Waals surface area contributed by atoms with E-state index < -0.39 is 12.6 Å². The van der Waals surface area contributed by atoms with E-state index in [1.54, 1.807) is 7.11 Å². The molecule has 34 heavy (non-hydrogen) atoms. The van der Waals surface area contributed by atoms with Crippen LogP contribution in [0.3, 0.4) is 0 Å². The van der Waals surface area contributed by atoms with Crippen molar-refractivity contribution >= 4 is 5.84 Å². The van der Waals surface area contributed by atoms with Crippen molar-refractivity contribution in [3.63, 3.8) is 0 Å². The Morgan fingerprint density at radius 3 is 2.71 bits per heavy atom. The van der Waals surface area contributed by atoms with E-state index in [0.717, 1.165) is 54.6 Å². The largest absolute Gasteiger partial charge is 0.382 e. The van der Waals surface area contributed by atoms with Gasteiger partial charge in [0.2, 0.25) is 6.35 Å². The van der Waals surface area contributed by atoms with Crippen molar-refractivity contribution in [1.82, 2.24) is 15.8 Å². The van der Waals surface area contributed by atoms with Gasteiger partial charge >= 0.3 is 0 Å². The topological polar surface area (TPSA) is 102 Å². The van der Waals surface area contributed by atoms with Crippen molar-refractivity contribution in [2.75, 3.05) is 33.4 Å². The average Bonchev–Trinajstić information content (AvgIpc) is 3.33. The monoisotopic (exact) mass is 465 g/mol. The molecule has 3 N–H and O–H groups in total. The summed E-state index contributed by atoms with van der Waals surface area (Å²) in [4.78, 5) is 6.75. The number of nitrogens with one attached hydrogen (secondary N) is 2. The average molecular weight is 466 g/mol. The lowest BCUT2D eigenvalue weighted by molar-refractivity contribution is -0.0163. The zero-order valence-electron chi connectivity index (χ0n) is 20.3. The maximum absolute atomic E-state index is 11.3. The number of hydrazine groups is 1. The summed E-state index contributed by atoms with van der Waals surface area (Å²) in [7, 11) is 1.64. The van der Waals surface area contributed by atoms with Crippen LogP contribution in [0.5, 0.6) is 0 Å². The highest BCUT2D eigenvalue weighted by atomic mass is 16.5. The molecule has 0 spiro atoms. The van der Waals surface area contributed by atoms with Gasteiger partial charge in [0.05, 0.1) is 25.2 Å². The summed E-state index contributed by atoms with van der Waals surface area (Å²) in [6.45, 7) is 6.72. The first-order valence-electron chi connectivity index (χ1n) is 12.0. The van der Waals surface area contributed by atoms with Crippen molar-refractivity contribution in [3.05, 3.63) is 58.2 Å². The molecule has 2 aliphatic heterocycles. The van der Waals surface area contributed by atoms with Crippen LogP contribution in [-0.4, -0.2) is 55.6 Å². The van der Waals surface area contributed by atoms with Crippen molar-refractivity contribution in [1.29, 1.82) is 5.26 Å². The van der Waals surface area contributed by atoms with Crippen LogP contribution < -0.4 is 10.9 Å². The van der Waals surface area contributed by atoms with Crippen LogP contribution in [-0.2, 0) is 9.47 Å². The number of allylic oxidation sites excluding steroid dienone is 4. The minimum atomic E-state index is -0.664. The molecule has 1 aromatic carbocycles. The maximum atomic E-state index is 11.3. The Kier molecular flexibility index (Phi) is 8.14. The van der Waals surface area contributed by atoms with Gasteiger partial charge < -0.3 is 20.0 Å². The minimum Gasteiger partial charge on any atom is -0.382 e. The molecule has 3 aliphatic rings. The predicted octanol–water partition coefficient (Wildman–Crippen LogP) is 2.83. The number of benzene rings is 1. The van der Waals surface area contributed by atoms with Crippen LogP contribution in [0.15, 0.2) is 40.9 Å². The van der Waals surface area contributed by atoms with E-state index >= 15 is 0 Å².